The third-order valence-electron chi connectivity index (χ3n) is 1.89. The molecule has 0 fully saturated rings. The summed E-state index contributed by atoms with van der Waals surface area (Å²) >= 11 is 1.30. The molecule has 0 aliphatic carbocycles. The Morgan fingerprint density at radius 3 is 2.65 bits per heavy atom. The van der Waals surface area contributed by atoms with Crippen molar-refractivity contribution < 1.29 is 17.9 Å². The second-order valence-corrected chi connectivity index (χ2v) is 4.45. The Morgan fingerprint density at radius 1 is 1.47 bits per heavy atom. The van der Waals surface area contributed by atoms with Gasteiger partial charge in [0.25, 0.3) is 0 Å². The predicted octanol–water partition coefficient (Wildman–Crippen LogP) is 2.17. The van der Waals surface area contributed by atoms with Crippen LogP contribution in [0, 0.1) is 0 Å². The van der Waals surface area contributed by atoms with Gasteiger partial charge >= 0.3 is 6.18 Å². The van der Waals surface area contributed by atoms with Crippen LogP contribution in [0.1, 0.15) is 5.56 Å². The summed E-state index contributed by atoms with van der Waals surface area (Å²) in [5, 5.41) is 0.518. The van der Waals surface area contributed by atoms with Gasteiger partial charge in [-0.15, -0.1) is 11.8 Å². The molecule has 1 rings (SSSR count). The largest absolute Gasteiger partial charge is 0.417 e. The molecule has 0 bridgehead atoms. The number of methoxy groups -OCH3 is 1. The molecule has 0 saturated carbocycles. The minimum absolute atomic E-state index is 0.158. The standard InChI is InChI=1S/C10H13F3N2OS/c1-16-5-8(14)6-17-9-3-2-7(4-15-9)10(11,12)13/h2-4,8H,5-6,14H2,1H3. The first-order valence-corrected chi connectivity index (χ1v) is 5.82. The van der Waals surface area contributed by atoms with Gasteiger partial charge in [-0.1, -0.05) is 0 Å². The van der Waals surface area contributed by atoms with Gasteiger partial charge in [0.05, 0.1) is 17.2 Å². The summed E-state index contributed by atoms with van der Waals surface area (Å²) in [6.07, 6.45) is -3.52. The second-order valence-electron chi connectivity index (χ2n) is 3.41. The molecule has 0 aliphatic rings. The van der Waals surface area contributed by atoms with Crippen LogP contribution >= 0.6 is 11.8 Å². The molecule has 1 unspecified atom stereocenters. The van der Waals surface area contributed by atoms with Crippen molar-refractivity contribution in [1.82, 2.24) is 4.98 Å². The summed E-state index contributed by atoms with van der Waals surface area (Å²) in [6, 6.07) is 2.19. The van der Waals surface area contributed by atoms with Crippen molar-refractivity contribution >= 4 is 11.8 Å². The molecule has 0 saturated heterocycles. The molecular formula is C10H13F3N2OS. The molecule has 1 heterocycles. The van der Waals surface area contributed by atoms with Crippen molar-refractivity contribution in [2.75, 3.05) is 19.5 Å². The highest BCUT2D eigenvalue weighted by Gasteiger charge is 2.30. The van der Waals surface area contributed by atoms with E-state index in [4.69, 9.17) is 10.5 Å². The first-order valence-electron chi connectivity index (χ1n) is 4.84. The van der Waals surface area contributed by atoms with E-state index in [2.05, 4.69) is 4.98 Å². The average molecular weight is 266 g/mol. The molecule has 0 aromatic carbocycles. The number of hydrogen-bond acceptors (Lipinski definition) is 4. The van der Waals surface area contributed by atoms with E-state index in [1.807, 2.05) is 0 Å². The summed E-state index contributed by atoms with van der Waals surface area (Å²) in [5.74, 6) is 0.548. The van der Waals surface area contributed by atoms with E-state index >= 15 is 0 Å². The molecule has 1 aromatic heterocycles. The second kappa shape index (κ2) is 6.23. The van der Waals surface area contributed by atoms with E-state index in [-0.39, 0.29) is 6.04 Å². The van der Waals surface area contributed by atoms with Gasteiger partial charge in [-0.05, 0) is 12.1 Å². The fraction of sp³-hybridized carbons (Fsp3) is 0.500. The van der Waals surface area contributed by atoms with Crippen LogP contribution in [0.4, 0.5) is 13.2 Å². The first kappa shape index (κ1) is 14.3. The topological polar surface area (TPSA) is 48.1 Å². The molecule has 96 valence electrons. The lowest BCUT2D eigenvalue weighted by Gasteiger charge is -2.10. The fourth-order valence-electron chi connectivity index (χ4n) is 1.09. The lowest BCUT2D eigenvalue weighted by molar-refractivity contribution is -0.137. The summed E-state index contributed by atoms with van der Waals surface area (Å²) in [4.78, 5) is 3.72. The Balaban J connectivity index is 2.51. The monoisotopic (exact) mass is 266 g/mol. The molecule has 3 nitrogen and oxygen atoms in total. The number of alkyl halides is 3. The van der Waals surface area contributed by atoms with Crippen LogP contribution in [0.5, 0.6) is 0 Å². The van der Waals surface area contributed by atoms with Crippen molar-refractivity contribution in [2.45, 2.75) is 17.2 Å². The van der Waals surface area contributed by atoms with E-state index in [1.54, 1.807) is 7.11 Å². The van der Waals surface area contributed by atoms with E-state index in [1.165, 1.54) is 17.8 Å². The number of pyridine rings is 1. The van der Waals surface area contributed by atoms with Crippen molar-refractivity contribution in [1.29, 1.82) is 0 Å². The number of aromatic nitrogens is 1. The maximum Gasteiger partial charge on any atom is 0.417 e. The van der Waals surface area contributed by atoms with Gasteiger partial charge in [-0.2, -0.15) is 13.2 Å². The van der Waals surface area contributed by atoms with Gasteiger partial charge < -0.3 is 10.5 Å². The summed E-state index contributed by atoms with van der Waals surface area (Å²) < 4.78 is 41.6. The number of thioether (sulfide) groups is 1. The minimum Gasteiger partial charge on any atom is -0.383 e. The smallest absolute Gasteiger partial charge is 0.383 e. The third kappa shape index (κ3) is 4.93. The van der Waals surface area contributed by atoms with Gasteiger partial charge in [0, 0.05) is 25.1 Å². The molecular weight excluding hydrogens is 253 g/mol. The molecule has 0 aliphatic heterocycles. The zero-order chi connectivity index (χ0) is 12.9. The zero-order valence-corrected chi connectivity index (χ0v) is 10.0. The van der Waals surface area contributed by atoms with Crippen molar-refractivity contribution in [2.24, 2.45) is 5.73 Å². The number of hydrogen-bond donors (Lipinski definition) is 1. The van der Waals surface area contributed by atoms with Crippen molar-refractivity contribution in [3.05, 3.63) is 23.9 Å². The lowest BCUT2D eigenvalue weighted by Crippen LogP contribution is -2.28. The first-order chi connectivity index (χ1) is 7.93. The molecule has 0 spiro atoms. The maximum atomic E-state index is 12.3. The quantitative estimate of drug-likeness (QED) is 0.830. The zero-order valence-electron chi connectivity index (χ0n) is 9.20. The number of rotatable bonds is 5. The van der Waals surface area contributed by atoms with Gasteiger partial charge in [0.15, 0.2) is 0 Å². The molecule has 1 aromatic rings. The van der Waals surface area contributed by atoms with Gasteiger partial charge in [0.1, 0.15) is 0 Å². The fourth-order valence-corrected chi connectivity index (χ4v) is 1.86. The highest BCUT2D eigenvalue weighted by atomic mass is 32.2. The van der Waals surface area contributed by atoms with Crippen LogP contribution in [0.2, 0.25) is 0 Å². The molecule has 1 atom stereocenters. The van der Waals surface area contributed by atoms with Crippen LogP contribution in [0.15, 0.2) is 23.4 Å². The van der Waals surface area contributed by atoms with Crippen molar-refractivity contribution in [3.63, 3.8) is 0 Å². The van der Waals surface area contributed by atoms with Gasteiger partial charge in [-0.25, -0.2) is 4.98 Å². The molecule has 0 radical (unpaired) electrons. The van der Waals surface area contributed by atoms with Gasteiger partial charge in [0.2, 0.25) is 0 Å². The number of nitrogens with two attached hydrogens (primary N) is 1. The summed E-state index contributed by atoms with van der Waals surface area (Å²) in [6.45, 7) is 0.410. The Labute approximate surface area is 102 Å². The molecule has 2 N–H and O–H groups in total. The van der Waals surface area contributed by atoms with E-state index in [0.29, 0.717) is 17.4 Å². The Kier molecular flexibility index (Phi) is 5.23. The Hall–Kier alpha value is -0.790. The summed E-state index contributed by atoms with van der Waals surface area (Å²) in [7, 11) is 1.54. The highest BCUT2D eigenvalue weighted by Crippen LogP contribution is 2.29. The van der Waals surface area contributed by atoms with E-state index < -0.39 is 11.7 Å². The predicted molar refractivity (Wildman–Crippen MR) is 59.8 cm³/mol. The van der Waals surface area contributed by atoms with Crippen LogP contribution in [0.3, 0.4) is 0 Å². The number of nitrogens with zero attached hydrogens (tertiary/aromatic N) is 1. The van der Waals surface area contributed by atoms with Crippen LogP contribution in [-0.4, -0.2) is 30.5 Å². The molecule has 17 heavy (non-hydrogen) atoms. The maximum absolute atomic E-state index is 12.3. The van der Waals surface area contributed by atoms with E-state index in [9.17, 15) is 13.2 Å². The van der Waals surface area contributed by atoms with Gasteiger partial charge in [-0.3, -0.25) is 0 Å². The number of halogens is 3. The van der Waals surface area contributed by atoms with Crippen LogP contribution in [0.25, 0.3) is 0 Å². The van der Waals surface area contributed by atoms with Crippen LogP contribution in [-0.2, 0) is 10.9 Å². The minimum atomic E-state index is -4.34. The SMILES string of the molecule is COCC(N)CSc1ccc(C(F)(F)F)cn1. The number of ether oxygens (including phenoxy) is 1. The third-order valence-corrected chi connectivity index (χ3v) is 3.02. The lowest BCUT2D eigenvalue weighted by atomic mass is 10.3. The average Bonchev–Trinajstić information content (AvgIpc) is 2.26. The highest BCUT2D eigenvalue weighted by molar-refractivity contribution is 7.99. The normalized spacial score (nSPS) is 13.7. The van der Waals surface area contributed by atoms with E-state index in [0.717, 1.165) is 12.3 Å². The molecule has 7 heteroatoms. The van der Waals surface area contributed by atoms with Crippen LogP contribution < -0.4 is 5.73 Å². The van der Waals surface area contributed by atoms with Crippen molar-refractivity contribution in [3.8, 4) is 0 Å². The Bertz CT molecular complexity index is 342. The Morgan fingerprint density at radius 2 is 2.18 bits per heavy atom. The molecule has 0 amide bonds. The summed E-state index contributed by atoms with van der Waals surface area (Å²) in [5.41, 5.74) is 4.93.